The molecular weight excluding hydrogens is 1350 g/mol. The van der Waals surface area contributed by atoms with E-state index in [1.165, 1.54) is 91.4 Å². The highest BCUT2D eigenvalue weighted by Crippen LogP contribution is 2.38. The molecule has 25 nitrogen and oxygen atoms in total. The number of pyridine rings is 3. The van der Waals surface area contributed by atoms with Gasteiger partial charge < -0.3 is 65.9 Å². The molecule has 3 fully saturated rings. The van der Waals surface area contributed by atoms with Gasteiger partial charge in [0.15, 0.2) is 0 Å². The number of hydrogen-bond acceptors (Lipinski definition) is 19. The first kappa shape index (κ1) is 70.1. The predicted octanol–water partition coefficient (Wildman–Crippen LogP) is 10.5. The number of benzene rings is 3. The highest BCUT2D eigenvalue weighted by molar-refractivity contribution is 6.21. The van der Waals surface area contributed by atoms with Crippen LogP contribution in [-0.2, 0) is 0 Å². The molecule has 3 aliphatic rings. The Morgan fingerprint density at radius 3 is 1.02 bits per heavy atom. The summed E-state index contributed by atoms with van der Waals surface area (Å²) < 4.78 is 89.1. The summed E-state index contributed by atoms with van der Waals surface area (Å²) in [4.78, 5) is 57.7. The Labute approximate surface area is 563 Å². The van der Waals surface area contributed by atoms with Crippen molar-refractivity contribution in [2.75, 3.05) is 76.5 Å². The number of nitrogens with zero attached hydrogens (tertiary/aromatic N) is 9. The Kier molecular flexibility index (Phi) is 20.9. The molecule has 3 saturated heterocycles. The number of carbonyl (C=O) groups excluding carboxylic acids is 3. The van der Waals surface area contributed by atoms with Crippen LogP contribution in [0.15, 0.2) is 146 Å². The molecule has 9 aromatic rings. The summed E-state index contributed by atoms with van der Waals surface area (Å²) in [5.74, 6) is 0.0933. The van der Waals surface area contributed by atoms with Gasteiger partial charge in [0.25, 0.3) is 17.7 Å². The van der Waals surface area contributed by atoms with Crippen LogP contribution in [0, 0.1) is 0 Å². The number of ether oxygens (including phenoxy) is 3. The van der Waals surface area contributed by atoms with Crippen molar-refractivity contribution in [1.82, 2.24) is 45.5 Å². The number of aromatic nitrogens is 9. The smallest absolute Gasteiger partial charge is 0.420 e. The van der Waals surface area contributed by atoms with Crippen molar-refractivity contribution < 1.29 is 70.3 Å². The molecule has 9 heterocycles. The first-order chi connectivity index (χ1) is 45.8. The Morgan fingerprint density at radius 2 is 0.784 bits per heavy atom. The van der Waals surface area contributed by atoms with E-state index in [1.54, 1.807) is 68.8 Å². The zero-order valence-corrected chi connectivity index (χ0v) is 53.5. The number of hydrogen-bond donors (Lipinski definition) is 10. The Balaban J connectivity index is 0.000000158. The molecule has 34 heteroatoms. The van der Waals surface area contributed by atoms with Crippen LogP contribution < -0.4 is 50.6 Å². The highest BCUT2D eigenvalue weighted by atomic mass is 35.5. The Hall–Kier alpha value is -9.76. The molecule has 3 aromatic carbocycles. The number of aliphatic hydroxyl groups is 3. The van der Waals surface area contributed by atoms with Gasteiger partial charge in [0, 0.05) is 152 Å². The lowest BCUT2D eigenvalue weighted by Gasteiger charge is -2.24. The molecule has 0 bridgehead atoms. The lowest BCUT2D eigenvalue weighted by Crippen LogP contribution is -2.40. The number of amides is 3. The third-order valence-corrected chi connectivity index (χ3v) is 15.5. The summed E-state index contributed by atoms with van der Waals surface area (Å²) in [5, 5.41) is 59.8. The summed E-state index contributed by atoms with van der Waals surface area (Å²) in [6, 6.07) is 26.4. The number of carbonyl (C=O) groups is 3. The van der Waals surface area contributed by atoms with Crippen molar-refractivity contribution in [2.24, 2.45) is 5.73 Å². The summed E-state index contributed by atoms with van der Waals surface area (Å²) in [6.45, 7) is 6.65. The Bertz CT molecular complexity index is 4000. The lowest BCUT2D eigenvalue weighted by molar-refractivity contribution is -0.0972. The van der Waals surface area contributed by atoms with Crippen LogP contribution in [0.3, 0.4) is 0 Å². The third kappa shape index (κ3) is 19.0. The number of nitrogens with one attached hydrogen (secondary N) is 6. The fourth-order valence-electron chi connectivity index (χ4n) is 10.6. The zero-order valence-electron chi connectivity index (χ0n) is 51.2. The summed E-state index contributed by atoms with van der Waals surface area (Å²) >= 11 is 14.2. The van der Waals surface area contributed by atoms with E-state index < -0.39 is 51.2 Å². The molecule has 1 unspecified atom stereocenters. The van der Waals surface area contributed by atoms with Gasteiger partial charge in [0.1, 0.15) is 34.7 Å². The molecule has 11 N–H and O–H groups in total. The number of nitrogens with two attached hydrogens (primary N) is 1. The largest absolute Gasteiger partial charge is 0.487 e. The molecule has 3 atom stereocenters. The van der Waals surface area contributed by atoms with E-state index >= 15 is 0 Å². The van der Waals surface area contributed by atoms with Gasteiger partial charge in [0.2, 0.25) is 0 Å². The summed E-state index contributed by atoms with van der Waals surface area (Å²) in [7, 11) is 0. The van der Waals surface area contributed by atoms with E-state index in [1.807, 2.05) is 14.7 Å². The van der Waals surface area contributed by atoms with E-state index in [2.05, 4.69) is 75.7 Å². The topological polar surface area (TPSA) is 336 Å². The molecule has 3 aliphatic heterocycles. The average Bonchev–Trinajstić information content (AvgIpc) is 1.73. The zero-order chi connectivity index (χ0) is 69.5. The number of anilines is 6. The standard InChI is InChI=1S/C21H21ClF2N6O3.2C21H20ClF2N5O3/c22-21(23,24)33-15-3-1-14(2-4-15)28-19(31)13-9-16(17-5-7-27-29-17)18(26-10-13)30-8-6-20(32,11-25)12-30;2*1-20(31)7-9-29(12-20)18-16(17-6-8-26-28-17)10-13(11-25-18)19(30)27-14-2-4-15(5-3-14)32-21(22,23)24/h1-5,7,9-10,32H,6,8,11-12,25H2,(H,27,29)(H,28,31);2*2-6,8,10-11,31H,7,9,12H2,1H3,(H,26,28)(H,27,30)/t;2*20-/m.10/s1. The second-order valence-electron chi connectivity index (χ2n) is 23.2. The van der Waals surface area contributed by atoms with E-state index in [4.69, 9.17) is 40.5 Å². The molecule has 97 heavy (non-hydrogen) atoms. The fraction of sp³-hybridized carbons (Fsp3) is 0.286. The Morgan fingerprint density at radius 1 is 0.495 bits per heavy atom. The van der Waals surface area contributed by atoms with E-state index in [0.29, 0.717) is 127 Å². The molecular formula is C63H61Cl3F6N16O9. The minimum atomic E-state index is -3.82. The predicted molar refractivity (Wildman–Crippen MR) is 349 cm³/mol. The van der Waals surface area contributed by atoms with Crippen LogP contribution in [0.5, 0.6) is 17.2 Å². The van der Waals surface area contributed by atoms with Gasteiger partial charge >= 0.3 is 16.7 Å². The molecule has 510 valence electrons. The van der Waals surface area contributed by atoms with Gasteiger partial charge in [-0.15, -0.1) is 26.3 Å². The van der Waals surface area contributed by atoms with E-state index in [0.717, 1.165) is 0 Å². The van der Waals surface area contributed by atoms with Crippen molar-refractivity contribution in [3.8, 4) is 51.0 Å². The minimum absolute atomic E-state index is 0.135. The maximum atomic E-state index is 12.8. The van der Waals surface area contributed by atoms with E-state index in [9.17, 15) is 56.0 Å². The van der Waals surface area contributed by atoms with Crippen LogP contribution in [-0.4, -0.2) is 158 Å². The number of aromatic amines is 3. The van der Waals surface area contributed by atoms with Crippen LogP contribution in [0.2, 0.25) is 0 Å². The van der Waals surface area contributed by atoms with Crippen LogP contribution in [0.1, 0.15) is 64.2 Å². The average molecular weight is 1410 g/mol. The number of halogens is 9. The number of β-amino-alcohol motifs (C(OH)–C–C–N with tert-alkyl or cyclic N) is 3. The highest BCUT2D eigenvalue weighted by Gasteiger charge is 2.38. The van der Waals surface area contributed by atoms with Crippen molar-refractivity contribution in [3.63, 3.8) is 0 Å². The first-order valence-electron chi connectivity index (χ1n) is 29.5. The van der Waals surface area contributed by atoms with Gasteiger partial charge in [-0.3, -0.25) is 29.7 Å². The van der Waals surface area contributed by atoms with Crippen molar-refractivity contribution in [2.45, 2.75) is 66.6 Å². The van der Waals surface area contributed by atoms with E-state index in [-0.39, 0.29) is 40.5 Å². The molecule has 6 aromatic heterocycles. The van der Waals surface area contributed by atoms with Gasteiger partial charge in [0.05, 0.1) is 50.6 Å². The maximum absolute atomic E-state index is 12.8. The first-order valence-corrected chi connectivity index (χ1v) is 30.6. The summed E-state index contributed by atoms with van der Waals surface area (Å²) in [5.41, 5.74) is -2.43. The third-order valence-electron chi connectivity index (χ3n) is 15.3. The fourth-order valence-corrected chi connectivity index (χ4v) is 10.9. The maximum Gasteiger partial charge on any atom is 0.487 e. The molecule has 3 amide bonds. The summed E-state index contributed by atoms with van der Waals surface area (Å²) in [6.07, 6.45) is 10.8. The quantitative estimate of drug-likeness (QED) is 0.0266. The second kappa shape index (κ2) is 28.9. The van der Waals surface area contributed by atoms with Crippen LogP contribution >= 0.6 is 34.8 Å². The number of alkyl halides is 9. The molecule has 0 spiro atoms. The molecule has 0 saturated carbocycles. The van der Waals surface area contributed by atoms with Gasteiger partial charge in [-0.1, -0.05) is 0 Å². The molecule has 0 radical (unpaired) electrons. The SMILES string of the molecule is C[C@@]1(O)CCN(c2ncc(C(=O)Nc3ccc(OC(F)(F)Cl)cc3)cc2-c2ccn[nH]2)C1.C[C@]1(O)CCN(c2ncc(C(=O)Nc3ccc(OC(F)(F)Cl)cc3)cc2-c2ccn[nH]2)C1.NCC1(O)CCN(c2ncc(C(=O)Nc3ccc(OC(F)(F)Cl)cc3)cc2-c2ccn[nH]2)C1. The molecule has 0 aliphatic carbocycles. The monoisotopic (exact) mass is 1400 g/mol. The lowest BCUT2D eigenvalue weighted by atomic mass is 10.0. The van der Waals surface area contributed by atoms with Gasteiger partial charge in [-0.2, -0.15) is 15.3 Å². The van der Waals surface area contributed by atoms with Crippen molar-refractivity contribution >= 4 is 87.0 Å². The second-order valence-corrected chi connectivity index (χ2v) is 24.5. The molecule has 12 rings (SSSR count). The normalized spacial score (nSPS) is 18.5. The number of rotatable bonds is 19. The van der Waals surface area contributed by atoms with Crippen LogP contribution in [0.4, 0.5) is 60.9 Å². The minimum Gasteiger partial charge on any atom is -0.420 e. The number of H-pyrrole nitrogens is 3. The van der Waals surface area contributed by atoms with Crippen molar-refractivity contribution in [1.29, 1.82) is 0 Å². The van der Waals surface area contributed by atoms with Gasteiger partial charge in [-0.05, 0) is 142 Å². The van der Waals surface area contributed by atoms with Gasteiger partial charge in [-0.25, -0.2) is 15.0 Å². The van der Waals surface area contributed by atoms with Crippen LogP contribution in [0.25, 0.3) is 33.8 Å². The van der Waals surface area contributed by atoms with Crippen molar-refractivity contribution in [3.05, 3.63) is 163 Å².